The third-order valence-electron chi connectivity index (χ3n) is 8.29. The fourth-order valence-corrected chi connectivity index (χ4v) is 5.64. The lowest BCUT2D eigenvalue weighted by Crippen LogP contribution is -2.50. The number of fused-ring (bicyclic) bond motifs is 1. The minimum absolute atomic E-state index is 0.0191. The number of amides is 4. The molecule has 10 heteroatoms. The van der Waals surface area contributed by atoms with Gasteiger partial charge < -0.3 is 25.6 Å². The molecule has 4 rings (SSSR count). The average Bonchev–Trinajstić information content (AvgIpc) is 3.47. The second-order valence-corrected chi connectivity index (χ2v) is 11.7. The molecule has 2 aliphatic heterocycles. The molecular weight excluding hydrogens is 546 g/mol. The number of para-hydroxylation sites is 1. The summed E-state index contributed by atoms with van der Waals surface area (Å²) in [5.74, 6) is -0.961. The summed E-state index contributed by atoms with van der Waals surface area (Å²) in [7, 11) is 0. The second-order valence-electron chi connectivity index (χ2n) is 11.7. The fourth-order valence-electron chi connectivity index (χ4n) is 5.64. The first-order chi connectivity index (χ1) is 20.7. The first-order valence-electron chi connectivity index (χ1n) is 15.4. The van der Waals surface area contributed by atoms with Crippen molar-refractivity contribution in [1.82, 2.24) is 25.8 Å². The Kier molecular flexibility index (Phi) is 11.6. The molecule has 1 saturated heterocycles. The molecular formula is C33H45N5O5. The van der Waals surface area contributed by atoms with E-state index in [0.29, 0.717) is 12.3 Å². The highest BCUT2D eigenvalue weighted by molar-refractivity contribution is 5.99. The van der Waals surface area contributed by atoms with Crippen molar-refractivity contribution in [1.29, 1.82) is 0 Å². The van der Waals surface area contributed by atoms with Gasteiger partial charge in [-0.05, 0) is 56.0 Å². The van der Waals surface area contributed by atoms with Crippen LogP contribution in [0.5, 0.6) is 5.75 Å². The van der Waals surface area contributed by atoms with Crippen LogP contribution < -0.4 is 20.7 Å². The zero-order valence-corrected chi connectivity index (χ0v) is 25.5. The largest absolute Gasteiger partial charge is 0.491 e. The van der Waals surface area contributed by atoms with Gasteiger partial charge in [-0.15, -0.1) is 0 Å². The number of hydrogen-bond donors (Lipinski definition) is 3. The fraction of sp³-hybridized carbons (Fsp3) is 0.515. The van der Waals surface area contributed by atoms with Crippen LogP contribution >= 0.6 is 0 Å². The quantitative estimate of drug-likeness (QED) is 0.456. The van der Waals surface area contributed by atoms with E-state index in [1.54, 1.807) is 24.3 Å². The zero-order chi connectivity index (χ0) is 30.8. The van der Waals surface area contributed by atoms with Gasteiger partial charge in [0, 0.05) is 25.6 Å². The van der Waals surface area contributed by atoms with Crippen molar-refractivity contribution in [3.8, 4) is 5.75 Å². The Balaban J connectivity index is 1.59. The van der Waals surface area contributed by atoms with Crippen molar-refractivity contribution in [2.75, 3.05) is 32.8 Å². The van der Waals surface area contributed by atoms with Crippen molar-refractivity contribution in [2.24, 2.45) is 5.92 Å². The molecule has 2 heterocycles. The number of hydrogen-bond acceptors (Lipinski definition) is 6. The van der Waals surface area contributed by atoms with Gasteiger partial charge in [0.15, 0.2) is 0 Å². The van der Waals surface area contributed by atoms with E-state index in [9.17, 15) is 19.2 Å². The number of nitrogens with zero attached hydrogens (tertiary/aromatic N) is 2. The van der Waals surface area contributed by atoms with Crippen LogP contribution in [0.15, 0.2) is 54.6 Å². The molecule has 2 aromatic rings. The van der Waals surface area contributed by atoms with Crippen molar-refractivity contribution in [2.45, 2.75) is 71.1 Å². The molecule has 4 amide bonds. The van der Waals surface area contributed by atoms with Gasteiger partial charge in [0.05, 0.1) is 18.2 Å². The smallest absolute Gasteiger partial charge is 0.255 e. The molecule has 2 aliphatic rings. The van der Waals surface area contributed by atoms with Crippen LogP contribution in [-0.2, 0) is 20.9 Å². The predicted octanol–water partition coefficient (Wildman–Crippen LogP) is 2.73. The van der Waals surface area contributed by atoms with Gasteiger partial charge in [0.2, 0.25) is 17.7 Å². The topological polar surface area (TPSA) is 120 Å². The van der Waals surface area contributed by atoms with E-state index in [0.717, 1.165) is 31.5 Å². The molecule has 43 heavy (non-hydrogen) atoms. The maximum Gasteiger partial charge on any atom is 0.255 e. The standard InChI is InChI=1S/C33H45N5O5/c1-4-37-18-10-13-25(37)19-34-33(42)27-16-17-31(40)38(20-24-11-6-5-7-12-24)21-30(39)35-28(23(2)3)22-43-29-15-9-8-14-26(29)32(41)36-27/h5-9,11-12,14-15,23,25,27-28H,4,10,13,16-22H2,1-3H3,(H,34,42)(H,35,39)(H,36,41)/t25-,27-,28+/m0/s1. The molecule has 1 fully saturated rings. The number of nitrogens with one attached hydrogen (secondary N) is 3. The Morgan fingerprint density at radius 1 is 1.02 bits per heavy atom. The van der Waals surface area contributed by atoms with Gasteiger partial charge in [-0.2, -0.15) is 0 Å². The van der Waals surface area contributed by atoms with Crippen molar-refractivity contribution in [3.05, 3.63) is 65.7 Å². The van der Waals surface area contributed by atoms with E-state index >= 15 is 0 Å². The first kappa shape index (κ1) is 32.0. The number of ether oxygens (including phenoxy) is 1. The van der Waals surface area contributed by atoms with Crippen LogP contribution in [0, 0.1) is 5.92 Å². The van der Waals surface area contributed by atoms with Crippen LogP contribution in [0.1, 0.15) is 62.4 Å². The normalized spacial score (nSPS) is 22.6. The number of likely N-dealkylation sites (tertiary alicyclic amines) is 1. The lowest BCUT2D eigenvalue weighted by molar-refractivity contribution is -0.137. The predicted molar refractivity (Wildman–Crippen MR) is 164 cm³/mol. The van der Waals surface area contributed by atoms with E-state index in [1.165, 1.54) is 4.90 Å². The Morgan fingerprint density at radius 3 is 2.51 bits per heavy atom. The van der Waals surface area contributed by atoms with E-state index in [2.05, 4.69) is 27.8 Å². The van der Waals surface area contributed by atoms with Crippen LogP contribution in [0.3, 0.4) is 0 Å². The molecule has 0 radical (unpaired) electrons. The highest BCUT2D eigenvalue weighted by atomic mass is 16.5. The van der Waals surface area contributed by atoms with Crippen LogP contribution in [0.25, 0.3) is 0 Å². The van der Waals surface area contributed by atoms with Gasteiger partial charge in [-0.25, -0.2) is 0 Å². The van der Waals surface area contributed by atoms with Gasteiger partial charge in [0.25, 0.3) is 5.91 Å². The Morgan fingerprint density at radius 2 is 1.77 bits per heavy atom. The van der Waals surface area contributed by atoms with E-state index < -0.39 is 11.9 Å². The van der Waals surface area contributed by atoms with E-state index in [1.807, 2.05) is 44.2 Å². The summed E-state index contributed by atoms with van der Waals surface area (Å²) in [6.07, 6.45) is 2.16. The zero-order valence-electron chi connectivity index (χ0n) is 25.5. The summed E-state index contributed by atoms with van der Waals surface area (Å²) < 4.78 is 6.07. The number of benzene rings is 2. The molecule has 0 aromatic heterocycles. The number of rotatable bonds is 7. The Bertz CT molecular complexity index is 1250. The van der Waals surface area contributed by atoms with Crippen LogP contribution in [-0.4, -0.2) is 84.3 Å². The third kappa shape index (κ3) is 9.03. The average molecular weight is 592 g/mol. The molecule has 0 bridgehead atoms. The van der Waals surface area contributed by atoms with Crippen molar-refractivity contribution in [3.63, 3.8) is 0 Å². The van der Waals surface area contributed by atoms with Gasteiger partial charge in [0.1, 0.15) is 18.4 Å². The van der Waals surface area contributed by atoms with Crippen molar-refractivity contribution >= 4 is 23.6 Å². The number of carbonyl (C=O) groups is 4. The summed E-state index contributed by atoms with van der Waals surface area (Å²) in [5, 5.41) is 8.91. The molecule has 0 unspecified atom stereocenters. The summed E-state index contributed by atoms with van der Waals surface area (Å²) in [4.78, 5) is 57.7. The van der Waals surface area contributed by atoms with Gasteiger partial charge >= 0.3 is 0 Å². The maximum absolute atomic E-state index is 13.6. The third-order valence-corrected chi connectivity index (χ3v) is 8.29. The molecule has 232 valence electrons. The minimum atomic E-state index is -0.943. The Labute approximate surface area is 254 Å². The van der Waals surface area contributed by atoms with Crippen molar-refractivity contribution < 1.29 is 23.9 Å². The number of likely N-dealkylation sites (N-methyl/N-ethyl adjacent to an activating group) is 1. The molecule has 0 saturated carbocycles. The van der Waals surface area contributed by atoms with E-state index in [-0.39, 0.29) is 73.8 Å². The lowest BCUT2D eigenvalue weighted by atomic mass is 10.1. The molecule has 10 nitrogen and oxygen atoms in total. The molecule has 3 atom stereocenters. The number of carbonyl (C=O) groups excluding carboxylic acids is 4. The molecule has 0 aliphatic carbocycles. The highest BCUT2D eigenvalue weighted by Gasteiger charge is 2.29. The molecule has 0 spiro atoms. The van der Waals surface area contributed by atoms with Crippen LogP contribution in [0.2, 0.25) is 0 Å². The summed E-state index contributed by atoms with van der Waals surface area (Å²) in [5.41, 5.74) is 1.18. The SMILES string of the molecule is CCN1CCC[C@H]1CNC(=O)[C@@H]1CCC(=O)N(Cc2ccccc2)CC(=O)N[C@@H](C(C)C)COc2ccccc2C(=O)N1. The minimum Gasteiger partial charge on any atom is -0.491 e. The summed E-state index contributed by atoms with van der Waals surface area (Å²) in [6, 6.07) is 15.3. The Hall–Kier alpha value is -3.92. The first-order valence-corrected chi connectivity index (χ1v) is 15.4. The highest BCUT2D eigenvalue weighted by Crippen LogP contribution is 2.20. The van der Waals surface area contributed by atoms with Gasteiger partial charge in [-0.3, -0.25) is 24.1 Å². The second kappa shape index (κ2) is 15.5. The summed E-state index contributed by atoms with van der Waals surface area (Å²) in [6.45, 7) is 8.70. The lowest BCUT2D eigenvalue weighted by Gasteiger charge is -2.27. The van der Waals surface area contributed by atoms with Gasteiger partial charge in [-0.1, -0.05) is 63.2 Å². The van der Waals surface area contributed by atoms with E-state index in [4.69, 9.17) is 4.74 Å². The molecule has 3 N–H and O–H groups in total. The molecule has 2 aromatic carbocycles. The maximum atomic E-state index is 13.6. The summed E-state index contributed by atoms with van der Waals surface area (Å²) >= 11 is 0. The monoisotopic (exact) mass is 591 g/mol. The van der Waals surface area contributed by atoms with Crippen LogP contribution in [0.4, 0.5) is 0 Å².